The number of aliphatic hydroxyl groups excluding tert-OH is 1. The van der Waals surface area contributed by atoms with E-state index in [1.165, 1.54) is 6.20 Å². The van der Waals surface area contributed by atoms with Crippen LogP contribution in [-0.2, 0) is 0 Å². The van der Waals surface area contributed by atoms with Crippen molar-refractivity contribution in [3.63, 3.8) is 0 Å². The maximum atomic E-state index is 12.7. The molecule has 0 aliphatic carbocycles. The van der Waals surface area contributed by atoms with Crippen molar-refractivity contribution in [3.8, 4) is 0 Å². The number of hydrogen-bond donors (Lipinski definition) is 2. The molecular formula is C10H13FN2O2. The van der Waals surface area contributed by atoms with Gasteiger partial charge in [-0.15, -0.1) is 0 Å². The van der Waals surface area contributed by atoms with Gasteiger partial charge in [-0.2, -0.15) is 0 Å². The molecule has 2 N–H and O–H groups in total. The molecule has 0 aliphatic rings. The molecule has 1 atom stereocenters. The molecule has 5 heteroatoms. The van der Waals surface area contributed by atoms with Gasteiger partial charge in [0.25, 0.3) is 5.91 Å². The summed E-state index contributed by atoms with van der Waals surface area (Å²) in [6.07, 6.45) is 2.92. The monoisotopic (exact) mass is 212 g/mol. The van der Waals surface area contributed by atoms with Crippen LogP contribution in [0.25, 0.3) is 0 Å². The summed E-state index contributed by atoms with van der Waals surface area (Å²) in [4.78, 5) is 15.1. The Kier molecular flexibility index (Phi) is 4.17. The number of halogens is 1. The molecule has 0 aromatic carbocycles. The van der Waals surface area contributed by atoms with E-state index in [1.807, 2.05) is 6.92 Å². The number of carbonyl (C=O) groups is 1. The highest BCUT2D eigenvalue weighted by Crippen LogP contribution is 2.01. The second-order valence-electron chi connectivity index (χ2n) is 3.15. The Morgan fingerprint density at radius 3 is 2.93 bits per heavy atom. The van der Waals surface area contributed by atoms with Gasteiger partial charge in [0.1, 0.15) is 5.82 Å². The van der Waals surface area contributed by atoms with Gasteiger partial charge in [0, 0.05) is 6.20 Å². The van der Waals surface area contributed by atoms with Crippen LogP contribution in [0.4, 0.5) is 4.39 Å². The van der Waals surface area contributed by atoms with Crippen LogP contribution in [0.15, 0.2) is 18.5 Å². The maximum absolute atomic E-state index is 12.7. The third kappa shape index (κ3) is 3.28. The van der Waals surface area contributed by atoms with Crippen LogP contribution >= 0.6 is 0 Å². The van der Waals surface area contributed by atoms with Gasteiger partial charge in [0.2, 0.25) is 0 Å². The summed E-state index contributed by atoms with van der Waals surface area (Å²) >= 11 is 0. The second-order valence-corrected chi connectivity index (χ2v) is 3.15. The molecule has 0 saturated carbocycles. The first kappa shape index (κ1) is 11.6. The lowest BCUT2D eigenvalue weighted by Gasteiger charge is -2.13. The van der Waals surface area contributed by atoms with Crippen molar-refractivity contribution >= 4 is 5.91 Å². The fraction of sp³-hybridized carbons (Fsp3) is 0.400. The minimum atomic E-state index is -0.556. The van der Waals surface area contributed by atoms with Gasteiger partial charge in [0.05, 0.1) is 24.4 Å². The number of nitrogens with zero attached hydrogens (tertiary/aromatic N) is 1. The Hall–Kier alpha value is -1.49. The standard InChI is InChI=1S/C10H13FN2O2/c1-2-9(6-14)13-10(15)7-3-8(11)5-12-4-7/h3-5,9,14H,2,6H2,1H3,(H,13,15). The molecule has 15 heavy (non-hydrogen) atoms. The van der Waals surface area contributed by atoms with E-state index in [0.29, 0.717) is 6.42 Å². The van der Waals surface area contributed by atoms with Crippen molar-refractivity contribution < 1.29 is 14.3 Å². The van der Waals surface area contributed by atoms with Crippen molar-refractivity contribution in [2.75, 3.05) is 6.61 Å². The smallest absolute Gasteiger partial charge is 0.253 e. The molecule has 0 fully saturated rings. The molecule has 0 aliphatic heterocycles. The molecule has 82 valence electrons. The fourth-order valence-electron chi connectivity index (χ4n) is 1.08. The van der Waals surface area contributed by atoms with E-state index in [9.17, 15) is 9.18 Å². The Labute approximate surface area is 87.1 Å². The predicted octanol–water partition coefficient (Wildman–Crippen LogP) is 0.721. The Balaban J connectivity index is 2.68. The molecule has 1 unspecified atom stereocenters. The highest BCUT2D eigenvalue weighted by atomic mass is 19.1. The highest BCUT2D eigenvalue weighted by Gasteiger charge is 2.11. The van der Waals surface area contributed by atoms with E-state index < -0.39 is 11.7 Å². The van der Waals surface area contributed by atoms with Crippen molar-refractivity contribution in [2.24, 2.45) is 0 Å². The van der Waals surface area contributed by atoms with Crippen molar-refractivity contribution in [1.82, 2.24) is 10.3 Å². The Bertz CT molecular complexity index is 340. The summed E-state index contributed by atoms with van der Waals surface area (Å²) in [5.41, 5.74) is 0.155. The lowest BCUT2D eigenvalue weighted by atomic mass is 10.2. The topological polar surface area (TPSA) is 62.2 Å². The number of nitrogens with one attached hydrogen (secondary N) is 1. The molecule has 1 amide bonds. The zero-order valence-electron chi connectivity index (χ0n) is 8.40. The van der Waals surface area contributed by atoms with E-state index >= 15 is 0 Å². The molecule has 1 rings (SSSR count). The van der Waals surface area contributed by atoms with Crippen LogP contribution < -0.4 is 5.32 Å². The molecule has 0 radical (unpaired) electrons. The molecular weight excluding hydrogens is 199 g/mol. The highest BCUT2D eigenvalue weighted by molar-refractivity contribution is 5.94. The van der Waals surface area contributed by atoms with Crippen molar-refractivity contribution in [1.29, 1.82) is 0 Å². The van der Waals surface area contributed by atoms with Gasteiger partial charge in [0.15, 0.2) is 0 Å². The van der Waals surface area contributed by atoms with Gasteiger partial charge in [-0.3, -0.25) is 9.78 Å². The van der Waals surface area contributed by atoms with E-state index in [-0.39, 0.29) is 18.2 Å². The van der Waals surface area contributed by atoms with E-state index in [2.05, 4.69) is 10.3 Å². The molecule has 0 bridgehead atoms. The van der Waals surface area contributed by atoms with Gasteiger partial charge in [-0.05, 0) is 12.5 Å². The summed E-state index contributed by atoms with van der Waals surface area (Å²) in [7, 11) is 0. The molecule has 1 aromatic rings. The van der Waals surface area contributed by atoms with Gasteiger partial charge in [-0.25, -0.2) is 4.39 Å². The van der Waals surface area contributed by atoms with Crippen LogP contribution in [0.5, 0.6) is 0 Å². The number of aromatic nitrogens is 1. The van der Waals surface area contributed by atoms with Crippen LogP contribution in [0.3, 0.4) is 0 Å². The van der Waals surface area contributed by atoms with E-state index in [1.54, 1.807) is 0 Å². The predicted molar refractivity (Wildman–Crippen MR) is 52.8 cm³/mol. The summed E-state index contributed by atoms with van der Waals surface area (Å²) in [5, 5.41) is 11.4. The number of rotatable bonds is 4. The average Bonchev–Trinajstić information content (AvgIpc) is 2.25. The zero-order valence-corrected chi connectivity index (χ0v) is 8.40. The average molecular weight is 212 g/mol. The normalized spacial score (nSPS) is 12.2. The van der Waals surface area contributed by atoms with Crippen molar-refractivity contribution in [2.45, 2.75) is 19.4 Å². The zero-order chi connectivity index (χ0) is 11.3. The van der Waals surface area contributed by atoms with Crippen molar-refractivity contribution in [3.05, 3.63) is 29.8 Å². The van der Waals surface area contributed by atoms with E-state index in [4.69, 9.17) is 5.11 Å². The Morgan fingerprint density at radius 1 is 1.67 bits per heavy atom. The SMILES string of the molecule is CCC(CO)NC(=O)c1cncc(F)c1. The third-order valence-electron chi connectivity index (χ3n) is 2.02. The van der Waals surface area contributed by atoms with Crippen LogP contribution in [0, 0.1) is 5.82 Å². The molecule has 1 aromatic heterocycles. The molecule has 0 spiro atoms. The fourth-order valence-corrected chi connectivity index (χ4v) is 1.08. The summed E-state index contributed by atoms with van der Waals surface area (Å²) in [6, 6.07) is 0.799. The van der Waals surface area contributed by atoms with Gasteiger partial charge < -0.3 is 10.4 Å². The minimum absolute atomic E-state index is 0.134. The summed E-state index contributed by atoms with van der Waals surface area (Å²) in [6.45, 7) is 1.70. The van der Waals surface area contributed by atoms with Crippen LogP contribution in [0.2, 0.25) is 0 Å². The van der Waals surface area contributed by atoms with E-state index in [0.717, 1.165) is 12.3 Å². The lowest BCUT2D eigenvalue weighted by molar-refractivity contribution is 0.0914. The minimum Gasteiger partial charge on any atom is -0.394 e. The summed E-state index contributed by atoms with van der Waals surface area (Å²) < 4.78 is 12.7. The molecule has 4 nitrogen and oxygen atoms in total. The number of hydrogen-bond acceptors (Lipinski definition) is 3. The number of amides is 1. The maximum Gasteiger partial charge on any atom is 0.253 e. The first-order valence-electron chi connectivity index (χ1n) is 4.69. The molecule has 1 heterocycles. The van der Waals surface area contributed by atoms with Crippen LogP contribution in [0.1, 0.15) is 23.7 Å². The van der Waals surface area contributed by atoms with Gasteiger partial charge in [-0.1, -0.05) is 6.92 Å². The lowest BCUT2D eigenvalue weighted by Crippen LogP contribution is -2.37. The third-order valence-corrected chi connectivity index (χ3v) is 2.02. The van der Waals surface area contributed by atoms with Gasteiger partial charge >= 0.3 is 0 Å². The number of carbonyl (C=O) groups excluding carboxylic acids is 1. The summed E-state index contributed by atoms with van der Waals surface area (Å²) in [5.74, 6) is -0.984. The largest absolute Gasteiger partial charge is 0.394 e. The first-order valence-corrected chi connectivity index (χ1v) is 4.69. The quantitative estimate of drug-likeness (QED) is 0.773. The molecule has 0 saturated heterocycles. The number of pyridine rings is 1. The Morgan fingerprint density at radius 2 is 2.40 bits per heavy atom. The number of aliphatic hydroxyl groups is 1. The second kappa shape index (κ2) is 5.41. The first-order chi connectivity index (χ1) is 7.17. The van der Waals surface area contributed by atoms with Crippen LogP contribution in [-0.4, -0.2) is 28.6 Å².